The second-order valence-electron chi connectivity index (χ2n) is 6.50. The zero-order valence-corrected chi connectivity index (χ0v) is 16.7. The van der Waals surface area contributed by atoms with Crippen LogP contribution in [0.25, 0.3) is 10.2 Å². The number of carbonyl (C=O) groups is 1. The van der Waals surface area contributed by atoms with E-state index in [1.165, 1.54) is 0 Å². The van der Waals surface area contributed by atoms with Crippen LogP contribution in [0.3, 0.4) is 0 Å². The Bertz CT molecular complexity index is 860. The quantitative estimate of drug-likeness (QED) is 0.620. The molecule has 0 spiro atoms. The molecule has 4 nitrogen and oxygen atoms in total. The molecule has 1 atom stereocenters. The minimum absolute atomic E-state index is 0.0520. The van der Waals surface area contributed by atoms with Gasteiger partial charge in [0.1, 0.15) is 5.01 Å². The second kappa shape index (κ2) is 8.16. The molecule has 3 aromatic rings. The van der Waals surface area contributed by atoms with Crippen LogP contribution in [0.2, 0.25) is 5.02 Å². The molecule has 1 amide bonds. The average Bonchev–Trinajstić information content (AvgIpc) is 3.06. The molecule has 1 aromatic heterocycles. The summed E-state index contributed by atoms with van der Waals surface area (Å²) in [7, 11) is 3.79. The lowest BCUT2D eigenvalue weighted by atomic mass is 10.2. The number of thiazole rings is 1. The molecule has 6 heteroatoms. The molecular formula is C20H22ClN3OS. The van der Waals surface area contributed by atoms with Crippen LogP contribution in [0.1, 0.15) is 23.5 Å². The van der Waals surface area contributed by atoms with E-state index >= 15 is 0 Å². The number of likely N-dealkylation sites (N-methyl/N-ethyl adjacent to an activating group) is 2. The Kier molecular flexibility index (Phi) is 5.91. The van der Waals surface area contributed by atoms with Gasteiger partial charge in [-0.05, 0) is 43.8 Å². The van der Waals surface area contributed by atoms with E-state index in [0.29, 0.717) is 13.1 Å². The fourth-order valence-electron chi connectivity index (χ4n) is 2.75. The highest BCUT2D eigenvalue weighted by Gasteiger charge is 2.21. The van der Waals surface area contributed by atoms with Crippen molar-refractivity contribution in [3.8, 4) is 0 Å². The Morgan fingerprint density at radius 1 is 1.15 bits per heavy atom. The highest BCUT2D eigenvalue weighted by Crippen LogP contribution is 2.28. The van der Waals surface area contributed by atoms with E-state index in [0.717, 1.165) is 25.8 Å². The van der Waals surface area contributed by atoms with Crippen LogP contribution < -0.4 is 0 Å². The van der Waals surface area contributed by atoms with Crippen molar-refractivity contribution >= 4 is 39.1 Å². The number of rotatable bonds is 6. The van der Waals surface area contributed by atoms with Crippen molar-refractivity contribution in [3.63, 3.8) is 0 Å². The molecule has 0 aliphatic rings. The van der Waals surface area contributed by atoms with E-state index in [1.807, 2.05) is 68.4 Å². The van der Waals surface area contributed by atoms with Crippen molar-refractivity contribution in [2.24, 2.45) is 0 Å². The molecule has 0 saturated heterocycles. The predicted octanol–water partition coefficient (Wildman–Crippen LogP) is 4.60. The first-order valence-electron chi connectivity index (χ1n) is 8.48. The molecule has 0 aliphatic heterocycles. The lowest BCUT2D eigenvalue weighted by Gasteiger charge is -2.26. The molecule has 0 radical (unpaired) electrons. The number of fused-ring (bicyclic) bond motifs is 1. The highest BCUT2D eigenvalue weighted by atomic mass is 35.5. The van der Waals surface area contributed by atoms with Gasteiger partial charge in [-0.3, -0.25) is 9.69 Å². The van der Waals surface area contributed by atoms with Gasteiger partial charge >= 0.3 is 0 Å². The Labute approximate surface area is 163 Å². The topological polar surface area (TPSA) is 36.4 Å². The van der Waals surface area contributed by atoms with E-state index in [2.05, 4.69) is 11.1 Å². The van der Waals surface area contributed by atoms with Crippen molar-refractivity contribution in [1.82, 2.24) is 14.8 Å². The Morgan fingerprint density at radius 3 is 2.54 bits per heavy atom. The maximum atomic E-state index is 12.7. The smallest absolute Gasteiger partial charge is 0.237 e. The van der Waals surface area contributed by atoms with Crippen LogP contribution in [-0.4, -0.2) is 41.3 Å². The van der Waals surface area contributed by atoms with Crippen molar-refractivity contribution < 1.29 is 4.79 Å². The Balaban J connectivity index is 1.61. The summed E-state index contributed by atoms with van der Waals surface area (Å²) in [6, 6.07) is 15.7. The van der Waals surface area contributed by atoms with Crippen molar-refractivity contribution in [2.45, 2.75) is 19.5 Å². The van der Waals surface area contributed by atoms with E-state index in [-0.39, 0.29) is 11.9 Å². The number of para-hydroxylation sites is 1. The third-order valence-corrected chi connectivity index (χ3v) is 5.87. The molecule has 0 bridgehead atoms. The van der Waals surface area contributed by atoms with E-state index in [1.54, 1.807) is 16.2 Å². The van der Waals surface area contributed by atoms with Crippen LogP contribution in [0.5, 0.6) is 0 Å². The summed E-state index contributed by atoms with van der Waals surface area (Å²) in [5, 5.41) is 1.68. The van der Waals surface area contributed by atoms with Gasteiger partial charge in [0.15, 0.2) is 0 Å². The number of carbonyl (C=O) groups excluding carboxylic acids is 1. The Morgan fingerprint density at radius 2 is 1.85 bits per heavy atom. The van der Waals surface area contributed by atoms with Gasteiger partial charge < -0.3 is 4.90 Å². The maximum absolute atomic E-state index is 12.7. The van der Waals surface area contributed by atoms with E-state index < -0.39 is 0 Å². The fourth-order valence-corrected chi connectivity index (χ4v) is 3.94. The van der Waals surface area contributed by atoms with Gasteiger partial charge in [0.25, 0.3) is 0 Å². The molecule has 0 unspecified atom stereocenters. The van der Waals surface area contributed by atoms with Gasteiger partial charge in [-0.15, -0.1) is 11.3 Å². The van der Waals surface area contributed by atoms with Crippen LogP contribution in [-0.2, 0) is 11.3 Å². The van der Waals surface area contributed by atoms with Gasteiger partial charge in [-0.25, -0.2) is 4.98 Å². The Hall–Kier alpha value is -1.95. The monoisotopic (exact) mass is 387 g/mol. The summed E-state index contributed by atoms with van der Waals surface area (Å²) in [6.45, 7) is 3.08. The lowest BCUT2D eigenvalue weighted by Crippen LogP contribution is -2.37. The van der Waals surface area contributed by atoms with E-state index in [4.69, 9.17) is 11.6 Å². The molecule has 0 saturated carbocycles. The zero-order chi connectivity index (χ0) is 18.7. The normalized spacial score (nSPS) is 12.5. The SMILES string of the molecule is C[C@H](c1nc2ccccc2s1)N(C)C(=O)CN(C)Cc1ccc(Cl)cc1. The average molecular weight is 388 g/mol. The minimum Gasteiger partial charge on any atom is -0.335 e. The molecule has 1 heterocycles. The molecule has 3 rings (SSSR count). The van der Waals surface area contributed by atoms with Crippen molar-refractivity contribution in [3.05, 3.63) is 64.1 Å². The fraction of sp³-hybridized carbons (Fsp3) is 0.300. The summed E-state index contributed by atoms with van der Waals surface area (Å²) >= 11 is 7.56. The minimum atomic E-state index is -0.0520. The van der Waals surface area contributed by atoms with Gasteiger partial charge in [-0.2, -0.15) is 0 Å². The summed E-state index contributed by atoms with van der Waals surface area (Å²) in [5.41, 5.74) is 2.12. The number of hydrogen-bond acceptors (Lipinski definition) is 4. The number of aromatic nitrogens is 1. The second-order valence-corrected chi connectivity index (χ2v) is 8.00. The number of nitrogens with zero attached hydrogens (tertiary/aromatic N) is 3. The molecular weight excluding hydrogens is 366 g/mol. The number of halogens is 1. The van der Waals surface area contributed by atoms with Gasteiger partial charge in [0.05, 0.1) is 22.8 Å². The van der Waals surface area contributed by atoms with Crippen LogP contribution in [0.4, 0.5) is 0 Å². The first kappa shape index (κ1) is 18.8. The molecule has 136 valence electrons. The van der Waals surface area contributed by atoms with Crippen LogP contribution in [0, 0.1) is 0 Å². The predicted molar refractivity (Wildman–Crippen MR) is 109 cm³/mol. The largest absolute Gasteiger partial charge is 0.335 e. The molecule has 0 N–H and O–H groups in total. The first-order valence-corrected chi connectivity index (χ1v) is 9.67. The first-order chi connectivity index (χ1) is 12.4. The maximum Gasteiger partial charge on any atom is 0.237 e. The van der Waals surface area contributed by atoms with Crippen molar-refractivity contribution in [2.75, 3.05) is 20.6 Å². The standard InChI is InChI=1S/C20H22ClN3OS/c1-14(20-22-17-6-4-5-7-18(17)26-20)24(3)19(25)13-23(2)12-15-8-10-16(21)11-9-15/h4-11,14H,12-13H2,1-3H3/t14-/m1/s1. The lowest BCUT2D eigenvalue weighted by molar-refractivity contribution is -0.132. The molecule has 0 fully saturated rings. The molecule has 2 aromatic carbocycles. The van der Waals surface area contributed by atoms with Gasteiger partial charge in [-0.1, -0.05) is 35.9 Å². The molecule has 0 aliphatic carbocycles. The van der Waals surface area contributed by atoms with Crippen LogP contribution >= 0.6 is 22.9 Å². The van der Waals surface area contributed by atoms with Gasteiger partial charge in [0, 0.05) is 18.6 Å². The highest BCUT2D eigenvalue weighted by molar-refractivity contribution is 7.18. The number of amides is 1. The zero-order valence-electron chi connectivity index (χ0n) is 15.1. The number of benzene rings is 2. The third kappa shape index (κ3) is 4.41. The summed E-state index contributed by atoms with van der Waals surface area (Å²) < 4.78 is 1.15. The van der Waals surface area contributed by atoms with Crippen molar-refractivity contribution in [1.29, 1.82) is 0 Å². The van der Waals surface area contributed by atoms with E-state index in [9.17, 15) is 4.79 Å². The van der Waals surface area contributed by atoms with Crippen LogP contribution in [0.15, 0.2) is 48.5 Å². The summed E-state index contributed by atoms with van der Waals surface area (Å²) in [6.07, 6.45) is 0. The van der Waals surface area contributed by atoms with Gasteiger partial charge in [0.2, 0.25) is 5.91 Å². The number of hydrogen-bond donors (Lipinski definition) is 0. The summed E-state index contributed by atoms with van der Waals surface area (Å²) in [5.74, 6) is 0.0771. The third-order valence-electron chi connectivity index (χ3n) is 4.41. The summed E-state index contributed by atoms with van der Waals surface area (Å²) in [4.78, 5) is 21.1. The molecule has 26 heavy (non-hydrogen) atoms.